The summed E-state index contributed by atoms with van der Waals surface area (Å²) >= 11 is 0. The van der Waals surface area contributed by atoms with Crippen LogP contribution in [0.4, 0.5) is 10.5 Å². The molecule has 0 spiro atoms. The second kappa shape index (κ2) is 5.56. The molecule has 100 valence electrons. The van der Waals surface area contributed by atoms with Crippen molar-refractivity contribution in [1.29, 1.82) is 0 Å². The standard InChI is InChI=1S/C14H17N3O2/c1-16(2)9-7-11-5-3-4-6-12(11)17-10-8-13(18)15-14(17)19/h3-7,9H,8,10H2,1-2H3,(H,15,18,19)/b9-7-. The van der Waals surface area contributed by atoms with Gasteiger partial charge in [0, 0.05) is 27.1 Å². The molecule has 1 N–H and O–H groups in total. The highest BCUT2D eigenvalue weighted by Crippen LogP contribution is 2.23. The minimum absolute atomic E-state index is 0.220. The molecule has 1 aromatic carbocycles. The van der Waals surface area contributed by atoms with Crippen LogP contribution in [0.3, 0.4) is 0 Å². The Balaban J connectivity index is 2.29. The van der Waals surface area contributed by atoms with E-state index in [0.29, 0.717) is 13.0 Å². The first-order chi connectivity index (χ1) is 9.08. The number of carbonyl (C=O) groups is 2. The summed E-state index contributed by atoms with van der Waals surface area (Å²) in [5.74, 6) is -0.220. The molecule has 1 heterocycles. The Labute approximate surface area is 112 Å². The van der Waals surface area contributed by atoms with Crippen LogP contribution in [0.5, 0.6) is 0 Å². The van der Waals surface area contributed by atoms with Crippen molar-refractivity contribution in [1.82, 2.24) is 10.2 Å². The first-order valence-corrected chi connectivity index (χ1v) is 6.13. The molecule has 3 amide bonds. The maximum Gasteiger partial charge on any atom is 0.328 e. The second-order valence-corrected chi connectivity index (χ2v) is 4.59. The molecular formula is C14H17N3O2. The number of rotatable bonds is 3. The van der Waals surface area contributed by atoms with Crippen LogP contribution in [-0.4, -0.2) is 37.5 Å². The molecule has 0 radical (unpaired) electrons. The van der Waals surface area contributed by atoms with Gasteiger partial charge in [0.25, 0.3) is 0 Å². The van der Waals surface area contributed by atoms with Crippen molar-refractivity contribution in [2.24, 2.45) is 0 Å². The number of para-hydroxylation sites is 1. The van der Waals surface area contributed by atoms with Gasteiger partial charge in [0.1, 0.15) is 0 Å². The van der Waals surface area contributed by atoms with E-state index >= 15 is 0 Å². The van der Waals surface area contributed by atoms with Gasteiger partial charge in [0.15, 0.2) is 0 Å². The Morgan fingerprint density at radius 3 is 2.68 bits per heavy atom. The van der Waals surface area contributed by atoms with Crippen molar-refractivity contribution in [2.75, 3.05) is 25.5 Å². The molecule has 0 saturated carbocycles. The van der Waals surface area contributed by atoms with Gasteiger partial charge in [0.2, 0.25) is 5.91 Å². The van der Waals surface area contributed by atoms with Crippen LogP contribution in [0.15, 0.2) is 30.5 Å². The van der Waals surface area contributed by atoms with E-state index in [4.69, 9.17) is 0 Å². The number of hydrogen-bond donors (Lipinski definition) is 1. The zero-order chi connectivity index (χ0) is 13.8. The zero-order valence-corrected chi connectivity index (χ0v) is 11.1. The number of hydrogen-bond acceptors (Lipinski definition) is 3. The van der Waals surface area contributed by atoms with E-state index in [2.05, 4.69) is 5.32 Å². The van der Waals surface area contributed by atoms with E-state index in [1.165, 1.54) is 0 Å². The monoisotopic (exact) mass is 259 g/mol. The molecule has 5 nitrogen and oxygen atoms in total. The summed E-state index contributed by atoms with van der Waals surface area (Å²) in [6.07, 6.45) is 4.20. The van der Waals surface area contributed by atoms with Crippen LogP contribution in [0.1, 0.15) is 12.0 Å². The van der Waals surface area contributed by atoms with Gasteiger partial charge in [-0.25, -0.2) is 4.79 Å². The molecule has 0 bridgehead atoms. The summed E-state index contributed by atoms with van der Waals surface area (Å²) in [4.78, 5) is 26.5. The Kier molecular flexibility index (Phi) is 3.85. The zero-order valence-electron chi connectivity index (χ0n) is 11.1. The van der Waals surface area contributed by atoms with Crippen molar-refractivity contribution in [3.05, 3.63) is 36.0 Å². The van der Waals surface area contributed by atoms with E-state index in [1.54, 1.807) is 4.90 Å². The van der Waals surface area contributed by atoms with E-state index in [1.807, 2.05) is 55.5 Å². The summed E-state index contributed by atoms with van der Waals surface area (Å²) in [7, 11) is 3.87. The Bertz CT molecular complexity index is 523. The lowest BCUT2D eigenvalue weighted by atomic mass is 10.1. The van der Waals surface area contributed by atoms with Crippen molar-refractivity contribution < 1.29 is 9.59 Å². The Morgan fingerprint density at radius 2 is 2.00 bits per heavy atom. The number of nitrogens with one attached hydrogen (secondary N) is 1. The number of amides is 3. The Morgan fingerprint density at radius 1 is 1.26 bits per heavy atom. The molecule has 0 atom stereocenters. The molecule has 5 heteroatoms. The second-order valence-electron chi connectivity index (χ2n) is 4.59. The molecule has 2 rings (SSSR count). The number of carbonyl (C=O) groups excluding carboxylic acids is 2. The fourth-order valence-electron chi connectivity index (χ4n) is 1.90. The molecule has 1 aromatic rings. The van der Waals surface area contributed by atoms with E-state index in [-0.39, 0.29) is 11.9 Å². The van der Waals surface area contributed by atoms with Gasteiger partial charge in [-0.2, -0.15) is 0 Å². The molecule has 19 heavy (non-hydrogen) atoms. The van der Waals surface area contributed by atoms with Crippen LogP contribution in [0.2, 0.25) is 0 Å². The summed E-state index contributed by atoms with van der Waals surface area (Å²) in [6.45, 7) is 0.414. The number of urea groups is 1. The average Bonchev–Trinajstić information content (AvgIpc) is 2.37. The highest BCUT2D eigenvalue weighted by atomic mass is 16.2. The highest BCUT2D eigenvalue weighted by molar-refractivity contribution is 6.06. The van der Waals surface area contributed by atoms with Gasteiger partial charge < -0.3 is 4.90 Å². The van der Waals surface area contributed by atoms with Crippen molar-refractivity contribution in [3.63, 3.8) is 0 Å². The number of nitrogens with zero attached hydrogens (tertiary/aromatic N) is 2. The van der Waals surface area contributed by atoms with Gasteiger partial charge >= 0.3 is 6.03 Å². The Hall–Kier alpha value is -2.30. The predicted octanol–water partition coefficient (Wildman–Crippen LogP) is 1.67. The van der Waals surface area contributed by atoms with Crippen LogP contribution < -0.4 is 10.2 Å². The molecule has 0 unspecified atom stereocenters. The average molecular weight is 259 g/mol. The smallest absolute Gasteiger partial charge is 0.328 e. The number of imide groups is 1. The van der Waals surface area contributed by atoms with Crippen molar-refractivity contribution in [3.8, 4) is 0 Å². The predicted molar refractivity (Wildman–Crippen MR) is 74.7 cm³/mol. The fraction of sp³-hybridized carbons (Fsp3) is 0.286. The first-order valence-electron chi connectivity index (χ1n) is 6.13. The lowest BCUT2D eigenvalue weighted by molar-refractivity contribution is -0.120. The number of anilines is 1. The van der Waals surface area contributed by atoms with Gasteiger partial charge in [-0.3, -0.25) is 15.0 Å². The quantitative estimate of drug-likeness (QED) is 0.898. The van der Waals surface area contributed by atoms with Crippen molar-refractivity contribution >= 4 is 23.7 Å². The maximum absolute atomic E-state index is 11.9. The summed E-state index contributed by atoms with van der Waals surface area (Å²) in [5, 5.41) is 2.33. The summed E-state index contributed by atoms with van der Waals surface area (Å²) in [5.41, 5.74) is 1.76. The SMILES string of the molecule is CN(C)/C=C\c1ccccc1N1CCC(=O)NC1=O. The maximum atomic E-state index is 11.9. The first kappa shape index (κ1) is 13.1. The molecular weight excluding hydrogens is 242 g/mol. The lowest BCUT2D eigenvalue weighted by Crippen LogP contribution is -2.49. The molecule has 0 aromatic heterocycles. The van der Waals surface area contributed by atoms with E-state index in [9.17, 15) is 9.59 Å². The summed E-state index contributed by atoms with van der Waals surface area (Å²) < 4.78 is 0. The third kappa shape index (κ3) is 3.13. The van der Waals surface area contributed by atoms with Crippen LogP contribution >= 0.6 is 0 Å². The minimum Gasteiger partial charge on any atom is -0.383 e. The van der Waals surface area contributed by atoms with E-state index < -0.39 is 0 Å². The topological polar surface area (TPSA) is 52.6 Å². The minimum atomic E-state index is -0.359. The van der Waals surface area contributed by atoms with Crippen LogP contribution in [0, 0.1) is 0 Å². The third-order valence-corrected chi connectivity index (χ3v) is 2.83. The normalized spacial score (nSPS) is 15.8. The third-order valence-electron chi connectivity index (χ3n) is 2.83. The molecule has 1 aliphatic heterocycles. The van der Waals surface area contributed by atoms with Crippen molar-refractivity contribution in [2.45, 2.75) is 6.42 Å². The van der Waals surface area contributed by atoms with Crippen LogP contribution in [-0.2, 0) is 4.79 Å². The molecule has 1 fully saturated rings. The molecule has 1 aliphatic rings. The highest BCUT2D eigenvalue weighted by Gasteiger charge is 2.25. The molecule has 0 aliphatic carbocycles. The van der Waals surface area contributed by atoms with Gasteiger partial charge in [0.05, 0.1) is 5.69 Å². The van der Waals surface area contributed by atoms with Gasteiger partial charge in [-0.15, -0.1) is 0 Å². The largest absolute Gasteiger partial charge is 0.383 e. The summed E-state index contributed by atoms with van der Waals surface area (Å²) in [6, 6.07) is 7.27. The van der Waals surface area contributed by atoms with Gasteiger partial charge in [-0.1, -0.05) is 18.2 Å². The number of benzene rings is 1. The lowest BCUT2D eigenvalue weighted by Gasteiger charge is -2.27. The molecule has 1 saturated heterocycles. The van der Waals surface area contributed by atoms with Crippen LogP contribution in [0.25, 0.3) is 6.08 Å². The van der Waals surface area contributed by atoms with E-state index in [0.717, 1.165) is 11.3 Å². The van der Waals surface area contributed by atoms with Gasteiger partial charge in [-0.05, 0) is 23.9 Å². The fourth-order valence-corrected chi connectivity index (χ4v) is 1.90.